The number of carbonyl (C=O) groups is 5. The van der Waals surface area contributed by atoms with Crippen LogP contribution in [0.15, 0.2) is 48.5 Å². The smallest absolute Gasteiger partial charge is 0.323 e. The molecule has 2 fully saturated rings. The van der Waals surface area contributed by atoms with Crippen molar-refractivity contribution < 1.29 is 38.6 Å². The third-order valence-corrected chi connectivity index (χ3v) is 7.97. The van der Waals surface area contributed by atoms with E-state index in [0.29, 0.717) is 17.2 Å². The van der Waals surface area contributed by atoms with Crippen molar-refractivity contribution in [2.24, 2.45) is 0 Å². The van der Waals surface area contributed by atoms with Gasteiger partial charge >= 0.3 is 11.9 Å². The van der Waals surface area contributed by atoms with E-state index in [2.05, 4.69) is 10.6 Å². The third kappa shape index (κ3) is 8.10. The van der Waals surface area contributed by atoms with Gasteiger partial charge in [0.25, 0.3) is 5.91 Å². The Kier molecular flexibility index (Phi) is 10.7. The highest BCUT2D eigenvalue weighted by molar-refractivity contribution is 5.99. The van der Waals surface area contributed by atoms with E-state index in [0.717, 1.165) is 42.0 Å². The topological polar surface area (TPSA) is 155 Å². The molecule has 0 unspecified atom stereocenters. The van der Waals surface area contributed by atoms with Crippen molar-refractivity contribution in [3.63, 3.8) is 0 Å². The molecule has 0 aliphatic carbocycles. The molecule has 0 aromatic heterocycles. The molecule has 12 nitrogen and oxygen atoms in total. The van der Waals surface area contributed by atoms with Crippen molar-refractivity contribution in [3.8, 4) is 5.75 Å². The largest absolute Gasteiger partial charge is 0.497 e. The Balaban J connectivity index is 1.58. The van der Waals surface area contributed by atoms with E-state index < -0.39 is 54.7 Å². The summed E-state index contributed by atoms with van der Waals surface area (Å²) in [6.45, 7) is 1.30. The van der Waals surface area contributed by atoms with Gasteiger partial charge in [-0.2, -0.15) is 0 Å². The van der Waals surface area contributed by atoms with Crippen molar-refractivity contribution in [3.05, 3.63) is 65.2 Å². The number of hydrogen-bond donors (Lipinski definition) is 3. The summed E-state index contributed by atoms with van der Waals surface area (Å²) in [6, 6.07) is 12.1. The van der Waals surface area contributed by atoms with E-state index in [4.69, 9.17) is 9.47 Å². The first-order chi connectivity index (χ1) is 20.7. The Hall–Kier alpha value is -4.45. The van der Waals surface area contributed by atoms with Gasteiger partial charge in [-0.15, -0.1) is 0 Å². The number of rotatable bonds is 11. The number of methoxy groups -OCH3 is 2. The van der Waals surface area contributed by atoms with Crippen molar-refractivity contribution in [2.75, 3.05) is 46.9 Å². The molecule has 0 spiro atoms. The Bertz CT molecular complexity index is 1310. The predicted molar refractivity (Wildman–Crippen MR) is 156 cm³/mol. The Labute approximate surface area is 250 Å². The van der Waals surface area contributed by atoms with Crippen LogP contribution in [0.1, 0.15) is 46.7 Å². The highest BCUT2D eigenvalue weighted by Gasteiger charge is 2.42. The van der Waals surface area contributed by atoms with E-state index >= 15 is 0 Å². The number of amides is 3. The van der Waals surface area contributed by atoms with Gasteiger partial charge in [-0.05, 0) is 67.2 Å². The van der Waals surface area contributed by atoms with Crippen LogP contribution >= 0.6 is 0 Å². The molecule has 2 saturated heterocycles. The zero-order valence-electron chi connectivity index (χ0n) is 24.4. The molecule has 12 heteroatoms. The number of piperidine rings is 1. The van der Waals surface area contributed by atoms with Crippen LogP contribution in [0.25, 0.3) is 0 Å². The number of aliphatic carboxylic acids is 1. The van der Waals surface area contributed by atoms with Crippen LogP contribution in [0.5, 0.6) is 5.75 Å². The normalized spacial score (nSPS) is 18.1. The Morgan fingerprint density at radius 1 is 1.00 bits per heavy atom. The third-order valence-electron chi connectivity index (χ3n) is 7.97. The van der Waals surface area contributed by atoms with Crippen molar-refractivity contribution in [2.45, 2.75) is 43.7 Å². The standard InChI is InChI=1S/C31H38N4O8/c1-42-24-9-3-20(4-10-24)17-25(33-29(39)23-7-5-21(6-8-23)22-11-13-32-14-12-22)30(40)35-16-15-34(19-27(36)37)31(41)26(35)18-28(38)43-2/h3-10,22,25-26,32H,11-19H2,1-2H3,(H,33,39)(H,36,37)/t25-,26-/m0/s1. The number of nitrogens with zero attached hydrogens (tertiary/aromatic N) is 2. The molecule has 2 aliphatic heterocycles. The van der Waals surface area contributed by atoms with E-state index in [1.165, 1.54) is 12.0 Å². The molecule has 0 saturated carbocycles. The molecule has 0 bridgehead atoms. The van der Waals surface area contributed by atoms with E-state index in [9.17, 15) is 29.1 Å². The highest BCUT2D eigenvalue weighted by Crippen LogP contribution is 2.25. The van der Waals surface area contributed by atoms with Gasteiger partial charge in [0, 0.05) is 25.1 Å². The van der Waals surface area contributed by atoms with Crippen LogP contribution in [0.4, 0.5) is 0 Å². The minimum absolute atomic E-state index is 0.0144. The number of piperazine rings is 1. The molecule has 2 aliphatic rings. The van der Waals surface area contributed by atoms with Crippen LogP contribution in [-0.2, 0) is 30.3 Å². The maximum atomic E-state index is 14.0. The lowest BCUT2D eigenvalue weighted by atomic mass is 9.90. The maximum Gasteiger partial charge on any atom is 0.323 e. The lowest BCUT2D eigenvalue weighted by Gasteiger charge is -2.41. The second-order valence-electron chi connectivity index (χ2n) is 10.7. The molecule has 2 heterocycles. The van der Waals surface area contributed by atoms with Crippen LogP contribution < -0.4 is 15.4 Å². The molecule has 2 aromatic rings. The molecule has 3 N–H and O–H groups in total. The van der Waals surface area contributed by atoms with Crippen LogP contribution in [0.3, 0.4) is 0 Å². The zero-order chi connectivity index (χ0) is 30.9. The number of hydrogen-bond acceptors (Lipinski definition) is 8. The first-order valence-corrected chi connectivity index (χ1v) is 14.3. The SMILES string of the molecule is COC(=O)C[C@H]1C(=O)N(CC(=O)O)CCN1C(=O)[C@H](Cc1ccc(OC)cc1)NC(=O)c1ccc(C2CCNCC2)cc1. The molecular weight excluding hydrogens is 556 g/mol. The molecule has 2 atom stereocenters. The Morgan fingerprint density at radius 3 is 2.28 bits per heavy atom. The summed E-state index contributed by atoms with van der Waals surface area (Å²) >= 11 is 0. The number of ether oxygens (including phenoxy) is 2. The zero-order valence-corrected chi connectivity index (χ0v) is 24.4. The van der Waals surface area contributed by atoms with Gasteiger partial charge in [-0.1, -0.05) is 24.3 Å². The van der Waals surface area contributed by atoms with E-state index in [-0.39, 0.29) is 19.5 Å². The summed E-state index contributed by atoms with van der Waals surface area (Å²) in [5, 5.41) is 15.4. The summed E-state index contributed by atoms with van der Waals surface area (Å²) in [5.74, 6) is -2.57. The summed E-state index contributed by atoms with van der Waals surface area (Å²) in [4.78, 5) is 66.6. The molecule has 0 radical (unpaired) electrons. The van der Waals surface area contributed by atoms with Crippen LogP contribution in [0.2, 0.25) is 0 Å². The van der Waals surface area contributed by atoms with Crippen LogP contribution in [0, 0.1) is 0 Å². The summed E-state index contributed by atoms with van der Waals surface area (Å²) in [7, 11) is 2.71. The predicted octanol–water partition coefficient (Wildman–Crippen LogP) is 1.19. The average molecular weight is 595 g/mol. The number of benzene rings is 2. The monoisotopic (exact) mass is 594 g/mol. The minimum atomic E-state index is -1.27. The quantitative estimate of drug-likeness (QED) is 0.326. The van der Waals surface area contributed by atoms with E-state index in [1.807, 2.05) is 12.1 Å². The fraction of sp³-hybridized carbons (Fsp3) is 0.452. The second kappa shape index (κ2) is 14.6. The number of esters is 1. The van der Waals surface area contributed by atoms with Gasteiger partial charge in [0.15, 0.2) is 0 Å². The molecule has 43 heavy (non-hydrogen) atoms. The molecule has 3 amide bonds. The van der Waals surface area contributed by atoms with Crippen molar-refractivity contribution >= 4 is 29.7 Å². The molecular formula is C31H38N4O8. The van der Waals surface area contributed by atoms with Crippen LogP contribution in [-0.4, -0.2) is 104 Å². The first-order valence-electron chi connectivity index (χ1n) is 14.3. The number of carboxylic acid groups (broad SMARTS) is 1. The maximum absolute atomic E-state index is 14.0. The molecule has 2 aromatic carbocycles. The lowest BCUT2D eigenvalue weighted by Crippen LogP contribution is -2.63. The lowest BCUT2D eigenvalue weighted by molar-refractivity contribution is -0.159. The number of nitrogens with one attached hydrogen (secondary N) is 2. The number of carbonyl (C=O) groups excluding carboxylic acids is 4. The fourth-order valence-electron chi connectivity index (χ4n) is 5.56. The molecule has 4 rings (SSSR count). The average Bonchev–Trinajstić information content (AvgIpc) is 3.03. The van der Waals surface area contributed by atoms with Gasteiger partial charge in [0.05, 0.1) is 20.6 Å². The second-order valence-corrected chi connectivity index (χ2v) is 10.7. The fourth-order valence-corrected chi connectivity index (χ4v) is 5.56. The Morgan fingerprint density at radius 2 is 1.67 bits per heavy atom. The van der Waals surface area contributed by atoms with Gasteiger partial charge < -0.3 is 35.0 Å². The summed E-state index contributed by atoms with van der Waals surface area (Å²) < 4.78 is 9.98. The molecule has 230 valence electrons. The van der Waals surface area contributed by atoms with Gasteiger partial charge in [0.2, 0.25) is 11.8 Å². The minimum Gasteiger partial charge on any atom is -0.497 e. The van der Waals surface area contributed by atoms with Gasteiger partial charge in [0.1, 0.15) is 24.4 Å². The highest BCUT2D eigenvalue weighted by atomic mass is 16.5. The van der Waals surface area contributed by atoms with Gasteiger partial charge in [-0.25, -0.2) is 0 Å². The van der Waals surface area contributed by atoms with Crippen molar-refractivity contribution in [1.82, 2.24) is 20.4 Å². The summed E-state index contributed by atoms with van der Waals surface area (Å²) in [5.41, 5.74) is 2.28. The number of carboxylic acids is 1. The van der Waals surface area contributed by atoms with Crippen molar-refractivity contribution in [1.29, 1.82) is 0 Å². The summed E-state index contributed by atoms with van der Waals surface area (Å²) in [6.07, 6.45) is 1.71. The van der Waals surface area contributed by atoms with E-state index in [1.54, 1.807) is 43.5 Å². The first kappa shape index (κ1) is 31.5. The van der Waals surface area contributed by atoms with Gasteiger partial charge in [-0.3, -0.25) is 24.0 Å².